The van der Waals surface area contributed by atoms with Gasteiger partial charge in [0.2, 0.25) is 0 Å². The number of nitrogens with one attached hydrogen (secondary N) is 1. The molecule has 1 heterocycles. The SMILES string of the molecule is COc1ccc(CC2CCN(C(=O)Nc3ccc(OC)cc3C)C2)cc1. The maximum Gasteiger partial charge on any atom is 0.321 e. The van der Waals surface area contributed by atoms with Gasteiger partial charge in [-0.15, -0.1) is 0 Å². The van der Waals surface area contributed by atoms with Crippen LogP contribution in [-0.2, 0) is 6.42 Å². The molecule has 1 fully saturated rings. The van der Waals surface area contributed by atoms with Crippen LogP contribution in [0.4, 0.5) is 10.5 Å². The molecule has 0 bridgehead atoms. The van der Waals surface area contributed by atoms with E-state index in [4.69, 9.17) is 9.47 Å². The number of hydrogen-bond donors (Lipinski definition) is 1. The van der Waals surface area contributed by atoms with Crippen molar-refractivity contribution in [3.05, 3.63) is 53.6 Å². The monoisotopic (exact) mass is 354 g/mol. The lowest BCUT2D eigenvalue weighted by Gasteiger charge is -2.18. The first-order valence-corrected chi connectivity index (χ1v) is 8.92. The number of anilines is 1. The van der Waals surface area contributed by atoms with E-state index in [-0.39, 0.29) is 6.03 Å². The van der Waals surface area contributed by atoms with Crippen LogP contribution in [0.2, 0.25) is 0 Å². The second-order valence-electron chi connectivity index (χ2n) is 6.76. The predicted molar refractivity (Wildman–Crippen MR) is 103 cm³/mol. The van der Waals surface area contributed by atoms with Crippen molar-refractivity contribution >= 4 is 11.7 Å². The fourth-order valence-electron chi connectivity index (χ4n) is 3.38. The molecule has 26 heavy (non-hydrogen) atoms. The molecule has 2 amide bonds. The minimum Gasteiger partial charge on any atom is -0.497 e. The number of amides is 2. The van der Waals surface area contributed by atoms with Crippen LogP contribution in [0.3, 0.4) is 0 Å². The molecule has 138 valence electrons. The third-order valence-corrected chi connectivity index (χ3v) is 4.93. The molecular weight excluding hydrogens is 328 g/mol. The van der Waals surface area contributed by atoms with Crippen LogP contribution >= 0.6 is 0 Å². The van der Waals surface area contributed by atoms with Gasteiger partial charge in [0.25, 0.3) is 0 Å². The number of carbonyl (C=O) groups excluding carboxylic acids is 1. The van der Waals surface area contributed by atoms with Gasteiger partial charge in [-0.2, -0.15) is 0 Å². The summed E-state index contributed by atoms with van der Waals surface area (Å²) in [6, 6.07) is 13.8. The first-order valence-electron chi connectivity index (χ1n) is 8.92. The summed E-state index contributed by atoms with van der Waals surface area (Å²) in [6.45, 7) is 3.55. The van der Waals surface area contributed by atoms with Crippen molar-refractivity contribution in [1.82, 2.24) is 4.90 Å². The molecule has 2 aromatic rings. The van der Waals surface area contributed by atoms with Crippen LogP contribution in [-0.4, -0.2) is 38.2 Å². The highest BCUT2D eigenvalue weighted by molar-refractivity contribution is 5.90. The van der Waals surface area contributed by atoms with E-state index in [1.807, 2.05) is 42.2 Å². The highest BCUT2D eigenvalue weighted by Gasteiger charge is 2.26. The van der Waals surface area contributed by atoms with Crippen molar-refractivity contribution in [1.29, 1.82) is 0 Å². The Labute approximate surface area is 154 Å². The van der Waals surface area contributed by atoms with Gasteiger partial charge in [0, 0.05) is 18.8 Å². The van der Waals surface area contributed by atoms with E-state index < -0.39 is 0 Å². The lowest BCUT2D eigenvalue weighted by atomic mass is 9.99. The zero-order valence-corrected chi connectivity index (χ0v) is 15.6. The predicted octanol–water partition coefficient (Wildman–Crippen LogP) is 4.11. The number of rotatable bonds is 5. The van der Waals surface area contributed by atoms with E-state index in [9.17, 15) is 4.79 Å². The standard InChI is InChI=1S/C21H26N2O3/c1-15-12-19(26-3)8-9-20(15)22-21(24)23-11-10-17(14-23)13-16-4-6-18(25-2)7-5-16/h4-9,12,17H,10-11,13-14H2,1-3H3,(H,22,24). The van der Waals surface area contributed by atoms with Crippen molar-refractivity contribution in [2.75, 3.05) is 32.6 Å². The summed E-state index contributed by atoms with van der Waals surface area (Å²) in [4.78, 5) is 14.5. The van der Waals surface area contributed by atoms with E-state index in [0.717, 1.165) is 48.7 Å². The first kappa shape index (κ1) is 18.1. The molecule has 5 heteroatoms. The van der Waals surface area contributed by atoms with Crippen LogP contribution in [0.1, 0.15) is 17.5 Å². The van der Waals surface area contributed by atoms with Gasteiger partial charge in [-0.25, -0.2) is 4.79 Å². The Morgan fingerprint density at radius 2 is 1.81 bits per heavy atom. The van der Waals surface area contributed by atoms with Crippen LogP contribution < -0.4 is 14.8 Å². The Kier molecular flexibility index (Phi) is 5.66. The highest BCUT2D eigenvalue weighted by Crippen LogP contribution is 2.25. The molecule has 0 spiro atoms. The Morgan fingerprint density at radius 3 is 2.46 bits per heavy atom. The van der Waals surface area contributed by atoms with Crippen LogP contribution in [0.5, 0.6) is 11.5 Å². The van der Waals surface area contributed by atoms with Crippen molar-refractivity contribution < 1.29 is 14.3 Å². The fourth-order valence-corrected chi connectivity index (χ4v) is 3.38. The molecule has 1 unspecified atom stereocenters. The summed E-state index contributed by atoms with van der Waals surface area (Å²) in [5.74, 6) is 2.16. The van der Waals surface area contributed by atoms with Gasteiger partial charge in [-0.1, -0.05) is 12.1 Å². The Balaban J connectivity index is 1.55. The quantitative estimate of drug-likeness (QED) is 0.879. The molecule has 1 atom stereocenters. The number of methoxy groups -OCH3 is 2. The smallest absolute Gasteiger partial charge is 0.321 e. The number of carbonyl (C=O) groups is 1. The molecule has 0 aromatic heterocycles. The highest BCUT2D eigenvalue weighted by atomic mass is 16.5. The van der Waals surface area contributed by atoms with Gasteiger partial charge in [-0.05, 0) is 67.1 Å². The average molecular weight is 354 g/mol. The molecule has 1 N–H and O–H groups in total. The minimum atomic E-state index is -0.0319. The molecule has 0 aliphatic carbocycles. The molecule has 3 rings (SSSR count). The number of urea groups is 1. The topological polar surface area (TPSA) is 50.8 Å². The number of ether oxygens (including phenoxy) is 2. The number of hydrogen-bond acceptors (Lipinski definition) is 3. The second kappa shape index (κ2) is 8.13. The first-order chi connectivity index (χ1) is 12.6. The summed E-state index contributed by atoms with van der Waals surface area (Å²) in [6.07, 6.45) is 2.01. The van der Waals surface area contributed by atoms with E-state index in [2.05, 4.69) is 17.4 Å². The zero-order valence-electron chi connectivity index (χ0n) is 15.6. The second-order valence-corrected chi connectivity index (χ2v) is 6.76. The molecule has 2 aromatic carbocycles. The van der Waals surface area contributed by atoms with E-state index in [0.29, 0.717) is 5.92 Å². The Hall–Kier alpha value is -2.69. The number of nitrogens with zero attached hydrogens (tertiary/aromatic N) is 1. The molecule has 0 radical (unpaired) electrons. The maximum absolute atomic E-state index is 12.6. The van der Waals surface area contributed by atoms with Crippen LogP contribution in [0, 0.1) is 12.8 Å². The zero-order chi connectivity index (χ0) is 18.5. The molecule has 1 aliphatic rings. The fraction of sp³-hybridized carbons (Fsp3) is 0.381. The van der Waals surface area contributed by atoms with Crippen molar-refractivity contribution in [2.45, 2.75) is 19.8 Å². The molecule has 0 saturated carbocycles. The summed E-state index contributed by atoms with van der Waals surface area (Å²) < 4.78 is 10.4. The van der Waals surface area contributed by atoms with Crippen molar-refractivity contribution in [2.24, 2.45) is 5.92 Å². The normalized spacial score (nSPS) is 16.4. The summed E-state index contributed by atoms with van der Waals surface area (Å²) in [5.41, 5.74) is 3.10. The largest absolute Gasteiger partial charge is 0.497 e. The molecule has 1 aliphatic heterocycles. The summed E-state index contributed by atoms with van der Waals surface area (Å²) in [7, 11) is 3.31. The third kappa shape index (κ3) is 4.28. The van der Waals surface area contributed by atoms with Gasteiger partial charge in [0.1, 0.15) is 11.5 Å². The Morgan fingerprint density at radius 1 is 1.12 bits per heavy atom. The molecular formula is C21H26N2O3. The average Bonchev–Trinajstić information content (AvgIpc) is 3.12. The van der Waals surface area contributed by atoms with E-state index in [1.165, 1.54) is 5.56 Å². The van der Waals surface area contributed by atoms with Crippen LogP contribution in [0.15, 0.2) is 42.5 Å². The van der Waals surface area contributed by atoms with Gasteiger partial charge in [0.05, 0.1) is 14.2 Å². The number of likely N-dealkylation sites (tertiary alicyclic amines) is 1. The van der Waals surface area contributed by atoms with Gasteiger partial charge in [-0.3, -0.25) is 0 Å². The third-order valence-electron chi connectivity index (χ3n) is 4.93. The minimum absolute atomic E-state index is 0.0319. The van der Waals surface area contributed by atoms with Crippen LogP contribution in [0.25, 0.3) is 0 Å². The van der Waals surface area contributed by atoms with Crippen molar-refractivity contribution in [3.8, 4) is 11.5 Å². The number of benzene rings is 2. The molecule has 5 nitrogen and oxygen atoms in total. The lowest BCUT2D eigenvalue weighted by molar-refractivity contribution is 0.221. The van der Waals surface area contributed by atoms with Gasteiger partial charge < -0.3 is 19.7 Å². The number of aryl methyl sites for hydroxylation is 1. The Bertz CT molecular complexity index is 758. The van der Waals surface area contributed by atoms with Crippen molar-refractivity contribution in [3.63, 3.8) is 0 Å². The summed E-state index contributed by atoms with van der Waals surface area (Å²) in [5, 5.41) is 3.02. The lowest BCUT2D eigenvalue weighted by Crippen LogP contribution is -2.33. The van der Waals surface area contributed by atoms with E-state index >= 15 is 0 Å². The molecule has 1 saturated heterocycles. The van der Waals surface area contributed by atoms with E-state index in [1.54, 1.807) is 14.2 Å². The van der Waals surface area contributed by atoms with Gasteiger partial charge >= 0.3 is 6.03 Å². The maximum atomic E-state index is 12.6. The van der Waals surface area contributed by atoms with Gasteiger partial charge in [0.15, 0.2) is 0 Å². The summed E-state index contributed by atoms with van der Waals surface area (Å²) >= 11 is 0.